The molecule has 5 aromatic rings. The highest BCUT2D eigenvalue weighted by molar-refractivity contribution is 7.90. The number of fused-ring (bicyclic) bond motifs is 1. The minimum atomic E-state index is -4.82. The van der Waals surface area contributed by atoms with Gasteiger partial charge in [0.2, 0.25) is 5.95 Å². The summed E-state index contributed by atoms with van der Waals surface area (Å²) in [5, 5.41) is 8.09. The Balaban J connectivity index is 1.87. The summed E-state index contributed by atoms with van der Waals surface area (Å²) in [5.74, 6) is 0.873. The highest BCUT2D eigenvalue weighted by Gasteiger charge is 2.37. The second kappa shape index (κ2) is 8.12. The van der Waals surface area contributed by atoms with E-state index in [2.05, 4.69) is 25.1 Å². The van der Waals surface area contributed by atoms with Gasteiger partial charge in [-0.15, -0.1) is 10.2 Å². The number of alkyl halides is 3. The summed E-state index contributed by atoms with van der Waals surface area (Å²) in [7, 11) is -4.26. The van der Waals surface area contributed by atoms with Gasteiger partial charge in [-0.25, -0.2) is 27.3 Å². The summed E-state index contributed by atoms with van der Waals surface area (Å²) >= 11 is 0. The van der Waals surface area contributed by atoms with Crippen molar-refractivity contribution in [3.8, 4) is 17.1 Å². The molecule has 4 heterocycles. The number of nitrogens with two attached hydrogens (primary N) is 1. The van der Waals surface area contributed by atoms with Crippen molar-refractivity contribution in [1.29, 1.82) is 0 Å². The van der Waals surface area contributed by atoms with E-state index in [4.69, 9.17) is 5.73 Å². The zero-order valence-electron chi connectivity index (χ0n) is 18.8. The molecular weight excluding hydrogens is 497 g/mol. The molecule has 0 fully saturated rings. The Bertz CT molecular complexity index is 1710. The van der Waals surface area contributed by atoms with Gasteiger partial charge in [0.25, 0.3) is 10.0 Å². The number of halogens is 3. The van der Waals surface area contributed by atoms with Gasteiger partial charge < -0.3 is 5.73 Å². The lowest BCUT2D eigenvalue weighted by Gasteiger charge is -2.11. The van der Waals surface area contributed by atoms with Gasteiger partial charge in [-0.1, -0.05) is 18.2 Å². The van der Waals surface area contributed by atoms with Gasteiger partial charge in [0.05, 0.1) is 10.6 Å². The molecule has 10 nitrogen and oxygen atoms in total. The third kappa shape index (κ3) is 3.75. The van der Waals surface area contributed by atoms with Crippen LogP contribution in [0.1, 0.15) is 17.2 Å². The van der Waals surface area contributed by atoms with E-state index in [0.29, 0.717) is 17.8 Å². The highest BCUT2D eigenvalue weighted by Crippen LogP contribution is 2.40. The van der Waals surface area contributed by atoms with Crippen molar-refractivity contribution < 1.29 is 21.6 Å². The molecule has 0 unspecified atom stereocenters. The Hall–Kier alpha value is -4.33. The number of nitrogen functional groups attached to an aromatic ring is 1. The van der Waals surface area contributed by atoms with E-state index in [9.17, 15) is 21.6 Å². The molecule has 0 bridgehead atoms. The molecule has 0 aliphatic heterocycles. The van der Waals surface area contributed by atoms with Gasteiger partial charge in [0, 0.05) is 23.3 Å². The average Bonchev–Trinajstić information content (AvgIpc) is 3.38. The van der Waals surface area contributed by atoms with Crippen molar-refractivity contribution in [2.75, 3.05) is 5.73 Å². The summed E-state index contributed by atoms with van der Waals surface area (Å²) < 4.78 is 71.1. The summed E-state index contributed by atoms with van der Waals surface area (Å²) in [6.45, 7) is 3.38. The number of anilines is 1. The molecule has 36 heavy (non-hydrogen) atoms. The summed E-state index contributed by atoms with van der Waals surface area (Å²) in [5.41, 5.74) is 3.65. The number of aromatic nitrogens is 7. The van der Waals surface area contributed by atoms with Crippen LogP contribution in [0.25, 0.3) is 28.1 Å². The number of pyridine rings is 1. The number of hydrogen-bond donors (Lipinski definition) is 1. The Morgan fingerprint density at radius 3 is 2.25 bits per heavy atom. The van der Waals surface area contributed by atoms with E-state index in [1.165, 1.54) is 36.4 Å². The third-order valence-corrected chi connectivity index (χ3v) is 7.15. The Morgan fingerprint density at radius 2 is 1.61 bits per heavy atom. The fraction of sp³-hybridized carbons (Fsp3) is 0.136. The van der Waals surface area contributed by atoms with Gasteiger partial charge in [0.1, 0.15) is 23.0 Å². The Morgan fingerprint density at radius 1 is 0.944 bits per heavy atom. The molecule has 0 radical (unpaired) electrons. The lowest BCUT2D eigenvalue weighted by molar-refractivity contribution is -0.137. The lowest BCUT2D eigenvalue weighted by atomic mass is 10.1. The van der Waals surface area contributed by atoms with Crippen LogP contribution in [0.3, 0.4) is 0 Å². The van der Waals surface area contributed by atoms with Crippen LogP contribution in [-0.4, -0.2) is 42.1 Å². The van der Waals surface area contributed by atoms with Crippen LogP contribution in [0.15, 0.2) is 59.8 Å². The molecule has 0 saturated carbocycles. The monoisotopic (exact) mass is 514 g/mol. The largest absolute Gasteiger partial charge is 0.419 e. The predicted octanol–water partition coefficient (Wildman–Crippen LogP) is 3.53. The smallest absolute Gasteiger partial charge is 0.368 e. The van der Waals surface area contributed by atoms with Crippen molar-refractivity contribution in [2.24, 2.45) is 0 Å². The molecule has 0 atom stereocenters. The molecule has 4 aromatic heterocycles. The number of aryl methyl sites for hydroxylation is 2. The van der Waals surface area contributed by atoms with E-state index in [-0.39, 0.29) is 27.3 Å². The van der Waals surface area contributed by atoms with Crippen molar-refractivity contribution >= 4 is 27.0 Å². The zero-order chi connectivity index (χ0) is 25.8. The SMILES string of the molecule is Cc1nnc(C)n1-c1ccc2c(-c3nc(N)ncc3C(F)(F)F)cn(S(=O)(=O)c3ccccc3)c2n1. The first-order chi connectivity index (χ1) is 17.0. The Kier molecular flexibility index (Phi) is 5.28. The van der Waals surface area contributed by atoms with Crippen LogP contribution in [0, 0.1) is 13.8 Å². The number of nitrogens with zero attached hydrogens (tertiary/aromatic N) is 7. The minimum Gasteiger partial charge on any atom is -0.368 e. The van der Waals surface area contributed by atoms with Gasteiger partial charge in [-0.2, -0.15) is 13.2 Å². The van der Waals surface area contributed by atoms with Crippen LogP contribution in [0.2, 0.25) is 0 Å². The van der Waals surface area contributed by atoms with Crippen molar-refractivity contribution in [2.45, 2.75) is 24.9 Å². The van der Waals surface area contributed by atoms with E-state index in [1.54, 1.807) is 24.5 Å². The molecule has 1 aromatic carbocycles. The lowest BCUT2D eigenvalue weighted by Crippen LogP contribution is -2.13. The number of hydrogen-bond acceptors (Lipinski definition) is 8. The molecule has 0 amide bonds. The summed E-state index contributed by atoms with van der Waals surface area (Å²) in [4.78, 5) is 11.7. The van der Waals surface area contributed by atoms with Crippen molar-refractivity contribution in [1.82, 2.24) is 33.7 Å². The fourth-order valence-corrected chi connectivity index (χ4v) is 5.21. The summed E-state index contributed by atoms with van der Waals surface area (Å²) in [6.07, 6.45) is -3.19. The molecule has 0 saturated heterocycles. The molecule has 2 N–H and O–H groups in total. The van der Waals surface area contributed by atoms with Gasteiger partial charge in [-0.3, -0.25) is 4.57 Å². The second-order valence-electron chi connectivity index (χ2n) is 7.82. The number of benzene rings is 1. The van der Waals surface area contributed by atoms with Crippen LogP contribution >= 0.6 is 0 Å². The molecular formula is C22H17F3N8O2S. The third-order valence-electron chi connectivity index (χ3n) is 5.49. The molecule has 5 rings (SSSR count). The molecule has 184 valence electrons. The summed E-state index contributed by atoms with van der Waals surface area (Å²) in [6, 6.07) is 10.5. The van der Waals surface area contributed by atoms with E-state index >= 15 is 0 Å². The maximum atomic E-state index is 13.8. The first kappa shape index (κ1) is 23.4. The van der Waals surface area contributed by atoms with Crippen LogP contribution in [0.5, 0.6) is 0 Å². The molecule has 0 aliphatic carbocycles. The van der Waals surface area contributed by atoms with Gasteiger partial charge >= 0.3 is 6.18 Å². The van der Waals surface area contributed by atoms with Crippen LogP contribution in [0.4, 0.5) is 19.1 Å². The van der Waals surface area contributed by atoms with Crippen LogP contribution < -0.4 is 5.73 Å². The minimum absolute atomic E-state index is 0.0736. The maximum Gasteiger partial charge on any atom is 0.419 e. The highest BCUT2D eigenvalue weighted by atomic mass is 32.2. The fourth-order valence-electron chi connectivity index (χ4n) is 3.88. The normalized spacial score (nSPS) is 12.4. The Labute approximate surface area is 202 Å². The van der Waals surface area contributed by atoms with Crippen LogP contribution in [-0.2, 0) is 16.2 Å². The zero-order valence-corrected chi connectivity index (χ0v) is 19.6. The predicted molar refractivity (Wildman–Crippen MR) is 124 cm³/mol. The molecule has 0 spiro atoms. The van der Waals surface area contributed by atoms with Crippen molar-refractivity contribution in [3.63, 3.8) is 0 Å². The first-order valence-corrected chi connectivity index (χ1v) is 11.8. The van der Waals surface area contributed by atoms with Gasteiger partial charge in [0.15, 0.2) is 5.65 Å². The molecule has 0 aliphatic rings. The quantitative estimate of drug-likeness (QED) is 0.385. The first-order valence-electron chi connectivity index (χ1n) is 10.4. The molecule has 14 heteroatoms. The standard InChI is InChI=1S/C22H17F3N8O2S/c1-12-30-31-13(2)33(12)18-9-8-15-16(19-17(22(23,24)25)10-27-21(26)29-19)11-32(20(15)28-18)36(34,35)14-6-4-3-5-7-14/h3-11H,1-2H3,(H2,26,27,29). The van der Waals surface area contributed by atoms with E-state index < -0.39 is 33.4 Å². The average molecular weight is 514 g/mol. The second-order valence-corrected chi connectivity index (χ2v) is 9.63. The number of rotatable bonds is 4. The van der Waals surface area contributed by atoms with Gasteiger partial charge in [-0.05, 0) is 38.1 Å². The van der Waals surface area contributed by atoms with Crippen molar-refractivity contribution in [3.05, 3.63) is 72.1 Å². The topological polar surface area (TPSA) is 134 Å². The van der Waals surface area contributed by atoms with E-state index in [0.717, 1.165) is 10.2 Å². The maximum absolute atomic E-state index is 13.8. The van der Waals surface area contributed by atoms with E-state index in [1.807, 2.05) is 0 Å².